The molecule has 0 aromatic heterocycles. The molecule has 0 amide bonds. The molecule has 78 valence electrons. The number of hydrogen-bond donors (Lipinski definition) is 0. The molecule has 0 aromatic carbocycles. The van der Waals surface area contributed by atoms with Crippen molar-refractivity contribution in [2.75, 3.05) is 0 Å². The molecule has 0 aromatic rings. The molecule has 14 heavy (non-hydrogen) atoms. The Morgan fingerprint density at radius 3 is 2.79 bits per heavy atom. The largest absolute Gasteiger partial charge is 0.286 e. The first-order chi connectivity index (χ1) is 6.67. The highest BCUT2D eigenvalue weighted by molar-refractivity contribution is 6.03. The van der Waals surface area contributed by atoms with Crippen molar-refractivity contribution in [3.63, 3.8) is 0 Å². The lowest BCUT2D eigenvalue weighted by Crippen LogP contribution is -2.11. The van der Waals surface area contributed by atoms with Gasteiger partial charge in [-0.2, -0.15) is 0 Å². The molecule has 0 radical (unpaired) electrons. The smallest absolute Gasteiger partial charge is 0.0472 e. The summed E-state index contributed by atoms with van der Waals surface area (Å²) in [5.74, 6) is 0. The van der Waals surface area contributed by atoms with Crippen LogP contribution in [0.25, 0.3) is 0 Å². The number of nitrogens with zero attached hydrogens (tertiary/aromatic N) is 1. The highest BCUT2D eigenvalue weighted by Crippen LogP contribution is 2.20. The third kappa shape index (κ3) is 2.83. The standard InChI is InChI=1S/C13H21N/c1-5-11(4)14-13-8-7-10(3)9-12(13)6-2/h6,9,11H,5,7-8H2,1-4H3/b12-6-,14-13?. The summed E-state index contributed by atoms with van der Waals surface area (Å²) in [6, 6.07) is 0.465. The van der Waals surface area contributed by atoms with Gasteiger partial charge >= 0.3 is 0 Å². The number of allylic oxidation sites excluding steroid dienone is 4. The van der Waals surface area contributed by atoms with Gasteiger partial charge in [0.1, 0.15) is 0 Å². The van der Waals surface area contributed by atoms with Crippen LogP contribution in [-0.2, 0) is 0 Å². The molecule has 0 saturated heterocycles. The van der Waals surface area contributed by atoms with E-state index in [0.29, 0.717) is 6.04 Å². The Balaban J connectivity index is 2.86. The average Bonchev–Trinajstić information content (AvgIpc) is 2.20. The maximum atomic E-state index is 4.74. The first-order valence-corrected chi connectivity index (χ1v) is 5.57. The van der Waals surface area contributed by atoms with E-state index in [9.17, 15) is 0 Å². The molecule has 1 rings (SSSR count). The molecular formula is C13H21N. The molecule has 1 unspecified atom stereocenters. The third-order valence-electron chi connectivity index (χ3n) is 2.77. The molecule has 1 aliphatic rings. The fourth-order valence-electron chi connectivity index (χ4n) is 1.63. The van der Waals surface area contributed by atoms with E-state index in [0.717, 1.165) is 12.8 Å². The van der Waals surface area contributed by atoms with Crippen molar-refractivity contribution in [3.05, 3.63) is 23.3 Å². The lowest BCUT2D eigenvalue weighted by Gasteiger charge is -2.16. The Morgan fingerprint density at radius 2 is 2.21 bits per heavy atom. The Labute approximate surface area is 87.6 Å². The van der Waals surface area contributed by atoms with E-state index in [-0.39, 0.29) is 0 Å². The summed E-state index contributed by atoms with van der Waals surface area (Å²) in [5, 5.41) is 0. The molecule has 1 aliphatic carbocycles. The van der Waals surface area contributed by atoms with Gasteiger partial charge in [-0.15, -0.1) is 0 Å². The lowest BCUT2D eigenvalue weighted by molar-refractivity contribution is 0.712. The molecule has 1 atom stereocenters. The summed E-state index contributed by atoms with van der Waals surface area (Å²) in [6.45, 7) is 8.67. The van der Waals surface area contributed by atoms with Gasteiger partial charge in [-0.25, -0.2) is 0 Å². The molecule has 0 heterocycles. The molecule has 0 fully saturated rings. The summed E-state index contributed by atoms with van der Waals surface area (Å²) in [7, 11) is 0. The van der Waals surface area contributed by atoms with Crippen molar-refractivity contribution in [2.45, 2.75) is 53.0 Å². The Bertz CT molecular complexity index is 282. The van der Waals surface area contributed by atoms with Gasteiger partial charge in [-0.05, 0) is 45.6 Å². The van der Waals surface area contributed by atoms with Gasteiger partial charge in [-0.1, -0.05) is 24.6 Å². The number of hydrogen-bond acceptors (Lipinski definition) is 1. The first-order valence-electron chi connectivity index (χ1n) is 5.57. The summed E-state index contributed by atoms with van der Waals surface area (Å²) < 4.78 is 0. The molecule has 0 N–H and O–H groups in total. The monoisotopic (exact) mass is 191 g/mol. The van der Waals surface area contributed by atoms with Crippen LogP contribution in [0.4, 0.5) is 0 Å². The number of rotatable bonds is 2. The van der Waals surface area contributed by atoms with Gasteiger partial charge < -0.3 is 0 Å². The average molecular weight is 191 g/mol. The molecular weight excluding hydrogens is 170 g/mol. The van der Waals surface area contributed by atoms with Crippen LogP contribution in [-0.4, -0.2) is 11.8 Å². The molecule has 0 bridgehead atoms. The van der Waals surface area contributed by atoms with Crippen LogP contribution in [0, 0.1) is 0 Å². The first kappa shape index (κ1) is 11.2. The van der Waals surface area contributed by atoms with Crippen LogP contribution in [0.1, 0.15) is 47.0 Å². The quantitative estimate of drug-likeness (QED) is 0.627. The van der Waals surface area contributed by atoms with Crippen molar-refractivity contribution in [2.24, 2.45) is 4.99 Å². The predicted molar refractivity (Wildman–Crippen MR) is 63.9 cm³/mol. The van der Waals surface area contributed by atoms with E-state index in [1.807, 2.05) is 0 Å². The Morgan fingerprint density at radius 1 is 1.50 bits per heavy atom. The maximum Gasteiger partial charge on any atom is 0.0472 e. The van der Waals surface area contributed by atoms with Crippen LogP contribution in [0.2, 0.25) is 0 Å². The van der Waals surface area contributed by atoms with Gasteiger partial charge in [0, 0.05) is 11.8 Å². The van der Waals surface area contributed by atoms with Gasteiger partial charge in [0.25, 0.3) is 0 Å². The molecule has 0 spiro atoms. The molecule has 1 nitrogen and oxygen atoms in total. The van der Waals surface area contributed by atoms with Gasteiger partial charge in [0.15, 0.2) is 0 Å². The minimum Gasteiger partial charge on any atom is -0.286 e. The van der Waals surface area contributed by atoms with Gasteiger partial charge in [0.2, 0.25) is 0 Å². The van der Waals surface area contributed by atoms with Crippen molar-refractivity contribution >= 4 is 5.71 Å². The second-order valence-electron chi connectivity index (χ2n) is 4.07. The fourth-order valence-corrected chi connectivity index (χ4v) is 1.63. The second kappa shape index (κ2) is 5.14. The zero-order chi connectivity index (χ0) is 10.6. The molecule has 0 aliphatic heterocycles. The van der Waals surface area contributed by atoms with Crippen molar-refractivity contribution < 1.29 is 0 Å². The summed E-state index contributed by atoms with van der Waals surface area (Å²) in [4.78, 5) is 4.74. The third-order valence-corrected chi connectivity index (χ3v) is 2.77. The SMILES string of the molecule is C/C=C1/C=C(C)CCC1=NC(C)CC. The maximum absolute atomic E-state index is 4.74. The topological polar surface area (TPSA) is 12.4 Å². The highest BCUT2D eigenvalue weighted by Gasteiger charge is 2.11. The van der Waals surface area contributed by atoms with E-state index >= 15 is 0 Å². The van der Waals surface area contributed by atoms with Crippen LogP contribution in [0.3, 0.4) is 0 Å². The summed E-state index contributed by atoms with van der Waals surface area (Å²) >= 11 is 0. The Kier molecular flexibility index (Phi) is 4.12. The predicted octanol–water partition coefficient (Wildman–Crippen LogP) is 3.91. The van der Waals surface area contributed by atoms with Crippen LogP contribution >= 0.6 is 0 Å². The van der Waals surface area contributed by atoms with Crippen LogP contribution in [0.15, 0.2) is 28.3 Å². The zero-order valence-corrected chi connectivity index (χ0v) is 9.80. The van der Waals surface area contributed by atoms with Crippen LogP contribution < -0.4 is 0 Å². The van der Waals surface area contributed by atoms with E-state index in [1.54, 1.807) is 0 Å². The van der Waals surface area contributed by atoms with E-state index < -0.39 is 0 Å². The van der Waals surface area contributed by atoms with Crippen molar-refractivity contribution in [1.82, 2.24) is 0 Å². The van der Waals surface area contributed by atoms with Crippen LogP contribution in [0.5, 0.6) is 0 Å². The van der Waals surface area contributed by atoms with Gasteiger partial charge in [0.05, 0.1) is 0 Å². The van der Waals surface area contributed by atoms with E-state index in [1.165, 1.54) is 23.3 Å². The zero-order valence-electron chi connectivity index (χ0n) is 9.80. The molecule has 1 heteroatoms. The van der Waals surface area contributed by atoms with E-state index in [2.05, 4.69) is 39.8 Å². The van der Waals surface area contributed by atoms with Crippen molar-refractivity contribution in [3.8, 4) is 0 Å². The summed E-state index contributed by atoms with van der Waals surface area (Å²) in [6.07, 6.45) is 7.86. The number of aliphatic imine (C=N–C) groups is 1. The second-order valence-corrected chi connectivity index (χ2v) is 4.07. The lowest BCUT2D eigenvalue weighted by atomic mass is 9.94. The minimum atomic E-state index is 0.465. The highest BCUT2D eigenvalue weighted by atomic mass is 14.8. The fraction of sp³-hybridized carbons (Fsp3) is 0.615. The summed E-state index contributed by atoms with van der Waals surface area (Å²) in [5.41, 5.74) is 4.10. The Hall–Kier alpha value is -0.850. The minimum absolute atomic E-state index is 0.465. The molecule has 0 saturated carbocycles. The van der Waals surface area contributed by atoms with E-state index in [4.69, 9.17) is 4.99 Å². The normalized spacial score (nSPS) is 25.3. The van der Waals surface area contributed by atoms with Crippen molar-refractivity contribution in [1.29, 1.82) is 0 Å². The van der Waals surface area contributed by atoms with Gasteiger partial charge in [-0.3, -0.25) is 4.99 Å².